The van der Waals surface area contributed by atoms with Gasteiger partial charge in [-0.3, -0.25) is 14.5 Å². The number of benzene rings is 2. The summed E-state index contributed by atoms with van der Waals surface area (Å²) in [5.41, 5.74) is 0.307. The van der Waals surface area contributed by atoms with E-state index in [-0.39, 0.29) is 13.1 Å². The molecule has 8 heteroatoms. The van der Waals surface area contributed by atoms with Crippen LogP contribution in [0.2, 0.25) is 5.02 Å². The van der Waals surface area contributed by atoms with Gasteiger partial charge in [0.1, 0.15) is 17.8 Å². The van der Waals surface area contributed by atoms with Crippen LogP contribution >= 0.6 is 11.6 Å². The number of hydrogen-bond acceptors (Lipinski definition) is 4. The molecule has 1 fully saturated rings. The number of nitrogens with zero attached hydrogens (tertiary/aromatic N) is 1. The van der Waals surface area contributed by atoms with E-state index in [9.17, 15) is 14.4 Å². The molecule has 0 aromatic heterocycles. The molecule has 1 aliphatic heterocycles. The maximum absolute atomic E-state index is 13.1. The summed E-state index contributed by atoms with van der Waals surface area (Å²) in [5.74, 6) is -0.156. The number of nitrogens with one attached hydrogen (secondary N) is 2. The van der Waals surface area contributed by atoms with Crippen LogP contribution in [-0.4, -0.2) is 36.4 Å². The normalized spacial score (nSPS) is 18.5. The minimum atomic E-state index is -1.20. The molecular weight excluding hydrogens is 394 g/mol. The average Bonchev–Trinajstić information content (AvgIpc) is 2.98. The topological polar surface area (TPSA) is 87.7 Å². The molecule has 0 radical (unpaired) electrons. The van der Waals surface area contributed by atoms with Crippen molar-refractivity contribution in [3.63, 3.8) is 0 Å². The van der Waals surface area contributed by atoms with E-state index in [1.165, 1.54) is 0 Å². The van der Waals surface area contributed by atoms with Crippen molar-refractivity contribution in [2.75, 3.05) is 13.7 Å². The number of carbonyl (C=O) groups is 3. The Labute approximate surface area is 174 Å². The van der Waals surface area contributed by atoms with Gasteiger partial charge >= 0.3 is 6.03 Å². The third-order valence-corrected chi connectivity index (χ3v) is 5.25. The maximum atomic E-state index is 13.1. The molecule has 152 valence electrons. The van der Waals surface area contributed by atoms with Crippen LogP contribution in [0, 0.1) is 0 Å². The van der Waals surface area contributed by atoms with Crippen molar-refractivity contribution in [3.05, 3.63) is 64.7 Å². The van der Waals surface area contributed by atoms with E-state index in [1.807, 2.05) is 12.1 Å². The van der Waals surface area contributed by atoms with E-state index >= 15 is 0 Å². The minimum absolute atomic E-state index is 0.280. The van der Waals surface area contributed by atoms with E-state index in [1.54, 1.807) is 50.4 Å². The Balaban J connectivity index is 1.67. The van der Waals surface area contributed by atoms with Crippen molar-refractivity contribution in [2.24, 2.45) is 0 Å². The first-order valence-corrected chi connectivity index (χ1v) is 9.57. The van der Waals surface area contributed by atoms with E-state index in [0.717, 1.165) is 16.2 Å². The lowest BCUT2D eigenvalue weighted by atomic mass is 9.87. The highest BCUT2D eigenvalue weighted by Crippen LogP contribution is 2.33. The van der Waals surface area contributed by atoms with Crippen LogP contribution in [-0.2, 0) is 21.7 Å². The lowest BCUT2D eigenvalue weighted by Crippen LogP contribution is -2.44. The SMILES string of the molecule is CCC1(c2ccc(Cl)cc2)NC(=O)N(CC(=O)NCc2ccc(OC)cc2)C1=O. The second-order valence-corrected chi connectivity index (χ2v) is 7.15. The number of halogens is 1. The molecule has 1 unspecified atom stereocenters. The molecule has 1 heterocycles. The van der Waals surface area contributed by atoms with Crippen LogP contribution in [0.4, 0.5) is 4.79 Å². The largest absolute Gasteiger partial charge is 0.497 e. The average molecular weight is 416 g/mol. The molecule has 0 saturated carbocycles. The Bertz CT molecular complexity index is 915. The fourth-order valence-corrected chi connectivity index (χ4v) is 3.41. The third-order valence-electron chi connectivity index (χ3n) is 4.99. The van der Waals surface area contributed by atoms with Crippen LogP contribution in [0.1, 0.15) is 24.5 Å². The van der Waals surface area contributed by atoms with E-state index < -0.39 is 23.4 Å². The Morgan fingerprint density at radius 2 is 1.79 bits per heavy atom. The summed E-state index contributed by atoms with van der Waals surface area (Å²) in [6, 6.07) is 13.4. The van der Waals surface area contributed by atoms with Crippen molar-refractivity contribution < 1.29 is 19.1 Å². The fraction of sp³-hybridized carbons (Fsp3) is 0.286. The van der Waals surface area contributed by atoms with Gasteiger partial charge in [0.15, 0.2) is 0 Å². The smallest absolute Gasteiger partial charge is 0.325 e. The minimum Gasteiger partial charge on any atom is -0.497 e. The molecule has 0 aliphatic carbocycles. The van der Waals surface area contributed by atoms with Crippen molar-refractivity contribution >= 4 is 29.4 Å². The predicted octanol–water partition coefficient (Wildman–Crippen LogP) is 2.82. The number of carbonyl (C=O) groups excluding carboxylic acids is 3. The highest BCUT2D eigenvalue weighted by molar-refractivity contribution is 6.30. The number of imide groups is 1. The molecule has 1 atom stereocenters. The van der Waals surface area contributed by atoms with Crippen LogP contribution in [0.5, 0.6) is 5.75 Å². The summed E-state index contributed by atoms with van der Waals surface area (Å²) >= 11 is 5.93. The molecule has 4 amide bonds. The van der Waals surface area contributed by atoms with Gasteiger partial charge in [0.2, 0.25) is 5.91 Å². The molecule has 2 aromatic carbocycles. The first-order chi connectivity index (χ1) is 13.9. The van der Waals surface area contributed by atoms with Gasteiger partial charge in [-0.25, -0.2) is 4.79 Å². The standard InChI is InChI=1S/C21H22ClN3O4/c1-3-21(15-6-8-16(22)9-7-15)19(27)25(20(28)24-21)13-18(26)23-12-14-4-10-17(29-2)11-5-14/h4-11H,3,12-13H2,1-2H3,(H,23,26)(H,24,28). The lowest BCUT2D eigenvalue weighted by molar-refractivity contribution is -0.135. The van der Waals surface area contributed by atoms with Crippen LogP contribution in [0.15, 0.2) is 48.5 Å². The van der Waals surface area contributed by atoms with Gasteiger partial charge in [0, 0.05) is 11.6 Å². The van der Waals surface area contributed by atoms with E-state index in [4.69, 9.17) is 16.3 Å². The second kappa shape index (κ2) is 8.53. The summed E-state index contributed by atoms with van der Waals surface area (Å²) in [7, 11) is 1.58. The van der Waals surface area contributed by atoms with Gasteiger partial charge < -0.3 is 15.4 Å². The molecule has 2 aromatic rings. The van der Waals surface area contributed by atoms with E-state index in [2.05, 4.69) is 10.6 Å². The highest BCUT2D eigenvalue weighted by Gasteiger charge is 2.51. The fourth-order valence-electron chi connectivity index (χ4n) is 3.29. The molecule has 0 spiro atoms. The Kier molecular flexibility index (Phi) is 6.08. The zero-order valence-electron chi connectivity index (χ0n) is 16.2. The Hall–Kier alpha value is -3.06. The van der Waals surface area contributed by atoms with Crippen molar-refractivity contribution in [3.8, 4) is 5.75 Å². The summed E-state index contributed by atoms with van der Waals surface area (Å²) in [5, 5.41) is 6.00. The molecule has 7 nitrogen and oxygen atoms in total. The van der Waals surface area contributed by atoms with Gasteiger partial charge in [-0.05, 0) is 41.8 Å². The van der Waals surface area contributed by atoms with Crippen molar-refractivity contribution in [1.82, 2.24) is 15.5 Å². The zero-order chi connectivity index (χ0) is 21.0. The monoisotopic (exact) mass is 415 g/mol. The Morgan fingerprint density at radius 1 is 1.14 bits per heavy atom. The van der Waals surface area contributed by atoms with Crippen molar-refractivity contribution in [2.45, 2.75) is 25.4 Å². The number of amides is 4. The van der Waals surface area contributed by atoms with Gasteiger partial charge in [-0.15, -0.1) is 0 Å². The van der Waals surface area contributed by atoms with Crippen LogP contribution < -0.4 is 15.4 Å². The zero-order valence-corrected chi connectivity index (χ0v) is 17.0. The first-order valence-electron chi connectivity index (χ1n) is 9.19. The third kappa shape index (κ3) is 4.19. The second-order valence-electron chi connectivity index (χ2n) is 6.71. The molecule has 29 heavy (non-hydrogen) atoms. The number of urea groups is 1. The molecule has 1 aliphatic rings. The quantitative estimate of drug-likeness (QED) is 0.681. The van der Waals surface area contributed by atoms with E-state index in [0.29, 0.717) is 17.0 Å². The first kappa shape index (κ1) is 20.7. The van der Waals surface area contributed by atoms with Gasteiger partial charge in [-0.1, -0.05) is 42.8 Å². The van der Waals surface area contributed by atoms with Gasteiger partial charge in [0.25, 0.3) is 5.91 Å². The highest BCUT2D eigenvalue weighted by atomic mass is 35.5. The summed E-state index contributed by atoms with van der Waals surface area (Å²) < 4.78 is 5.10. The molecular formula is C21H22ClN3O4. The number of rotatable bonds is 7. The summed E-state index contributed by atoms with van der Waals surface area (Å²) in [6.07, 6.45) is 0.350. The van der Waals surface area contributed by atoms with Crippen LogP contribution in [0.25, 0.3) is 0 Å². The molecule has 3 rings (SSSR count). The van der Waals surface area contributed by atoms with Gasteiger partial charge in [0.05, 0.1) is 7.11 Å². The number of hydrogen-bond donors (Lipinski definition) is 2. The van der Waals surface area contributed by atoms with Crippen LogP contribution in [0.3, 0.4) is 0 Å². The number of methoxy groups -OCH3 is 1. The molecule has 2 N–H and O–H groups in total. The summed E-state index contributed by atoms with van der Waals surface area (Å²) in [4.78, 5) is 38.8. The lowest BCUT2D eigenvalue weighted by Gasteiger charge is -2.25. The number of ether oxygens (including phenoxy) is 1. The summed E-state index contributed by atoms with van der Waals surface area (Å²) in [6.45, 7) is 1.73. The Morgan fingerprint density at radius 3 is 2.38 bits per heavy atom. The predicted molar refractivity (Wildman–Crippen MR) is 109 cm³/mol. The molecule has 0 bridgehead atoms. The van der Waals surface area contributed by atoms with Crippen molar-refractivity contribution in [1.29, 1.82) is 0 Å². The van der Waals surface area contributed by atoms with Gasteiger partial charge in [-0.2, -0.15) is 0 Å². The molecule has 1 saturated heterocycles. The maximum Gasteiger partial charge on any atom is 0.325 e.